The van der Waals surface area contributed by atoms with E-state index in [2.05, 4.69) is 20.7 Å². The SMILES string of the molecule is COc1ccc(Cl)cc1Nc1nc(NN)ncc1F. The maximum absolute atomic E-state index is 13.6. The number of nitrogens with two attached hydrogens (primary N) is 1. The fourth-order valence-corrected chi connectivity index (χ4v) is 1.60. The minimum atomic E-state index is -0.624. The van der Waals surface area contributed by atoms with Crippen LogP contribution in [0.2, 0.25) is 5.02 Å². The first kappa shape index (κ1) is 13.3. The van der Waals surface area contributed by atoms with Crippen molar-refractivity contribution in [2.45, 2.75) is 0 Å². The number of benzene rings is 1. The van der Waals surface area contributed by atoms with Crippen LogP contribution in [0.15, 0.2) is 24.4 Å². The second-order valence-corrected chi connectivity index (χ2v) is 3.94. The Balaban J connectivity index is 2.37. The minimum absolute atomic E-state index is 0.0384. The van der Waals surface area contributed by atoms with Crippen LogP contribution in [0.1, 0.15) is 0 Å². The van der Waals surface area contributed by atoms with Crippen molar-refractivity contribution in [1.29, 1.82) is 0 Å². The summed E-state index contributed by atoms with van der Waals surface area (Å²) in [6.07, 6.45) is 1.00. The average Bonchev–Trinajstić information content (AvgIpc) is 2.41. The van der Waals surface area contributed by atoms with E-state index in [1.165, 1.54) is 7.11 Å². The Labute approximate surface area is 113 Å². The van der Waals surface area contributed by atoms with Crippen molar-refractivity contribution in [1.82, 2.24) is 9.97 Å². The molecule has 0 radical (unpaired) electrons. The van der Waals surface area contributed by atoms with Gasteiger partial charge in [0.25, 0.3) is 0 Å². The van der Waals surface area contributed by atoms with Crippen molar-refractivity contribution in [2.24, 2.45) is 5.84 Å². The van der Waals surface area contributed by atoms with Gasteiger partial charge in [-0.1, -0.05) is 11.6 Å². The van der Waals surface area contributed by atoms with Gasteiger partial charge in [0.1, 0.15) is 5.75 Å². The van der Waals surface area contributed by atoms with Gasteiger partial charge in [-0.3, -0.25) is 5.43 Å². The maximum atomic E-state index is 13.6. The molecule has 0 aliphatic rings. The zero-order valence-electron chi connectivity index (χ0n) is 9.95. The number of anilines is 3. The first-order chi connectivity index (χ1) is 9.13. The lowest BCUT2D eigenvalue weighted by Gasteiger charge is -2.11. The van der Waals surface area contributed by atoms with E-state index in [0.717, 1.165) is 6.20 Å². The Bertz CT molecular complexity index is 595. The molecule has 2 rings (SSSR count). The predicted molar refractivity (Wildman–Crippen MR) is 71.1 cm³/mol. The third-order valence-corrected chi connectivity index (χ3v) is 2.52. The van der Waals surface area contributed by atoms with Gasteiger partial charge in [-0.05, 0) is 18.2 Å². The fourth-order valence-electron chi connectivity index (χ4n) is 1.43. The molecule has 100 valence electrons. The van der Waals surface area contributed by atoms with Crippen LogP contribution < -0.4 is 21.3 Å². The molecule has 0 aliphatic heterocycles. The third kappa shape index (κ3) is 3.01. The van der Waals surface area contributed by atoms with Gasteiger partial charge in [0.15, 0.2) is 11.6 Å². The van der Waals surface area contributed by atoms with Crippen LogP contribution in [-0.2, 0) is 0 Å². The van der Waals surface area contributed by atoms with E-state index >= 15 is 0 Å². The largest absolute Gasteiger partial charge is 0.495 e. The van der Waals surface area contributed by atoms with Gasteiger partial charge in [-0.25, -0.2) is 15.2 Å². The molecule has 0 saturated heterocycles. The van der Waals surface area contributed by atoms with Gasteiger partial charge in [0.2, 0.25) is 5.95 Å². The fraction of sp³-hybridized carbons (Fsp3) is 0.0909. The number of methoxy groups -OCH3 is 1. The van der Waals surface area contributed by atoms with E-state index in [-0.39, 0.29) is 11.8 Å². The molecule has 1 heterocycles. The highest BCUT2D eigenvalue weighted by molar-refractivity contribution is 6.31. The van der Waals surface area contributed by atoms with Gasteiger partial charge in [0.05, 0.1) is 19.0 Å². The van der Waals surface area contributed by atoms with Gasteiger partial charge >= 0.3 is 0 Å². The Morgan fingerprint density at radius 3 is 2.89 bits per heavy atom. The number of ether oxygens (including phenoxy) is 1. The number of hydrogen-bond donors (Lipinski definition) is 3. The highest BCUT2D eigenvalue weighted by Gasteiger charge is 2.10. The molecule has 19 heavy (non-hydrogen) atoms. The van der Waals surface area contributed by atoms with E-state index in [1.54, 1.807) is 18.2 Å². The van der Waals surface area contributed by atoms with Crippen LogP contribution in [0, 0.1) is 5.82 Å². The third-order valence-electron chi connectivity index (χ3n) is 2.29. The van der Waals surface area contributed by atoms with Crippen molar-refractivity contribution >= 4 is 29.1 Å². The number of nitrogen functional groups attached to an aromatic ring is 1. The van der Waals surface area contributed by atoms with E-state index in [9.17, 15) is 4.39 Å². The van der Waals surface area contributed by atoms with Crippen LogP contribution >= 0.6 is 11.6 Å². The first-order valence-corrected chi connectivity index (χ1v) is 5.61. The molecule has 0 aliphatic carbocycles. The summed E-state index contributed by atoms with van der Waals surface area (Å²) in [7, 11) is 1.50. The minimum Gasteiger partial charge on any atom is -0.495 e. The van der Waals surface area contributed by atoms with Crippen molar-refractivity contribution < 1.29 is 9.13 Å². The Morgan fingerprint density at radius 1 is 1.42 bits per heavy atom. The van der Waals surface area contributed by atoms with Gasteiger partial charge in [-0.2, -0.15) is 4.98 Å². The summed E-state index contributed by atoms with van der Waals surface area (Å²) >= 11 is 5.88. The van der Waals surface area contributed by atoms with Crippen LogP contribution in [-0.4, -0.2) is 17.1 Å². The number of nitrogens with one attached hydrogen (secondary N) is 2. The number of rotatable bonds is 4. The van der Waals surface area contributed by atoms with Gasteiger partial charge in [-0.15, -0.1) is 0 Å². The molecular weight excluding hydrogens is 273 g/mol. The molecule has 1 aromatic carbocycles. The molecule has 0 atom stereocenters. The monoisotopic (exact) mass is 283 g/mol. The van der Waals surface area contributed by atoms with Crippen molar-refractivity contribution in [3.05, 3.63) is 35.2 Å². The smallest absolute Gasteiger partial charge is 0.239 e. The Kier molecular flexibility index (Phi) is 3.98. The summed E-state index contributed by atoms with van der Waals surface area (Å²) in [5, 5.41) is 3.26. The molecule has 0 amide bonds. The second kappa shape index (κ2) is 5.68. The molecule has 0 bridgehead atoms. The second-order valence-electron chi connectivity index (χ2n) is 3.50. The predicted octanol–water partition coefficient (Wildman–Crippen LogP) is 2.31. The Hall–Kier alpha value is -2.12. The summed E-state index contributed by atoms with van der Waals surface area (Å²) < 4.78 is 18.7. The normalized spacial score (nSPS) is 10.1. The molecule has 4 N–H and O–H groups in total. The summed E-state index contributed by atoms with van der Waals surface area (Å²) in [6.45, 7) is 0. The highest BCUT2D eigenvalue weighted by atomic mass is 35.5. The average molecular weight is 284 g/mol. The first-order valence-electron chi connectivity index (χ1n) is 5.23. The van der Waals surface area contributed by atoms with Crippen molar-refractivity contribution in [3.63, 3.8) is 0 Å². The number of aromatic nitrogens is 2. The quantitative estimate of drug-likeness (QED) is 0.590. The summed E-state index contributed by atoms with van der Waals surface area (Å²) in [4.78, 5) is 7.50. The standard InChI is InChI=1S/C11H11ClFN5O/c1-19-9-3-2-6(12)4-8(9)16-10-7(13)5-15-11(17-10)18-14/h2-5H,14H2,1H3,(H2,15,16,17,18). The van der Waals surface area contributed by atoms with Crippen molar-refractivity contribution in [3.8, 4) is 5.75 Å². The lowest BCUT2D eigenvalue weighted by atomic mass is 10.3. The van der Waals surface area contributed by atoms with Gasteiger partial charge < -0.3 is 10.1 Å². The summed E-state index contributed by atoms with van der Waals surface area (Å²) in [6, 6.07) is 4.91. The number of nitrogens with zero attached hydrogens (tertiary/aromatic N) is 2. The molecular formula is C11H11ClFN5O. The number of hydrogen-bond acceptors (Lipinski definition) is 6. The zero-order chi connectivity index (χ0) is 13.8. The van der Waals surface area contributed by atoms with Gasteiger partial charge in [0, 0.05) is 5.02 Å². The van der Waals surface area contributed by atoms with Crippen molar-refractivity contribution in [2.75, 3.05) is 17.9 Å². The molecule has 8 heteroatoms. The molecule has 0 saturated carbocycles. The zero-order valence-corrected chi connectivity index (χ0v) is 10.7. The summed E-state index contributed by atoms with van der Waals surface area (Å²) in [5.41, 5.74) is 2.72. The number of halogens is 2. The molecule has 0 fully saturated rings. The summed E-state index contributed by atoms with van der Waals surface area (Å²) in [5.74, 6) is 5.10. The lowest BCUT2D eigenvalue weighted by molar-refractivity contribution is 0.417. The molecule has 2 aromatic rings. The molecule has 0 unspecified atom stereocenters. The van der Waals surface area contributed by atoms with E-state index < -0.39 is 5.82 Å². The maximum Gasteiger partial charge on any atom is 0.239 e. The lowest BCUT2D eigenvalue weighted by Crippen LogP contribution is -2.12. The molecule has 1 aromatic heterocycles. The topological polar surface area (TPSA) is 85.1 Å². The van der Waals surface area contributed by atoms with Crippen LogP contribution in [0.25, 0.3) is 0 Å². The Morgan fingerprint density at radius 2 is 2.21 bits per heavy atom. The van der Waals surface area contributed by atoms with E-state index in [0.29, 0.717) is 16.5 Å². The van der Waals surface area contributed by atoms with E-state index in [1.807, 2.05) is 0 Å². The van der Waals surface area contributed by atoms with Crippen LogP contribution in [0.5, 0.6) is 5.75 Å². The van der Waals surface area contributed by atoms with Crippen LogP contribution in [0.3, 0.4) is 0 Å². The molecule has 6 nitrogen and oxygen atoms in total. The highest BCUT2D eigenvalue weighted by Crippen LogP contribution is 2.30. The molecule has 0 spiro atoms. The number of hydrazine groups is 1. The van der Waals surface area contributed by atoms with E-state index in [4.69, 9.17) is 22.2 Å². The van der Waals surface area contributed by atoms with Crippen LogP contribution in [0.4, 0.5) is 21.8 Å².